The quantitative estimate of drug-likeness (QED) is 0.257. The van der Waals surface area contributed by atoms with Crippen molar-refractivity contribution in [3.63, 3.8) is 0 Å². The summed E-state index contributed by atoms with van der Waals surface area (Å²) in [5.41, 5.74) is 3.45. The van der Waals surface area contributed by atoms with Gasteiger partial charge in [-0.2, -0.15) is 0 Å². The van der Waals surface area contributed by atoms with Crippen LogP contribution in [0.1, 0.15) is 0 Å². The van der Waals surface area contributed by atoms with Crippen LogP contribution in [0.25, 0.3) is 49.0 Å². The van der Waals surface area contributed by atoms with Gasteiger partial charge in [0.25, 0.3) is 0 Å². The molecule has 0 aliphatic heterocycles. The molecule has 2 aromatic heterocycles. The molecule has 0 amide bonds. The first-order valence-corrected chi connectivity index (χ1v) is 9.68. The van der Waals surface area contributed by atoms with Crippen molar-refractivity contribution in [2.75, 3.05) is 0 Å². The topological polar surface area (TPSA) is 18.1 Å². The zero-order chi connectivity index (χ0) is 18.0. The highest BCUT2D eigenvalue weighted by atomic mass is 79.9. The molecule has 3 heteroatoms. The van der Waals surface area contributed by atoms with E-state index in [-0.39, 0.29) is 0 Å². The number of nitrogens with zero attached hydrogens (tertiary/aromatic N) is 1. The van der Waals surface area contributed by atoms with Crippen LogP contribution >= 0.6 is 15.9 Å². The van der Waals surface area contributed by atoms with Crippen LogP contribution in [0, 0.1) is 0 Å². The van der Waals surface area contributed by atoms with Crippen molar-refractivity contribution < 1.29 is 4.42 Å². The van der Waals surface area contributed by atoms with Gasteiger partial charge in [-0.05, 0) is 40.4 Å². The maximum atomic E-state index is 5.63. The third-order valence-electron chi connectivity index (χ3n) is 5.37. The molecule has 0 bridgehead atoms. The van der Waals surface area contributed by atoms with Crippen molar-refractivity contribution in [3.8, 4) is 5.69 Å². The Balaban J connectivity index is 1.96. The first-order valence-electron chi connectivity index (χ1n) is 8.88. The summed E-state index contributed by atoms with van der Waals surface area (Å²) in [5, 5.41) is 7.46. The molecule has 6 rings (SSSR count). The number of benzene rings is 4. The van der Waals surface area contributed by atoms with E-state index in [0.29, 0.717) is 0 Å². The summed E-state index contributed by atoms with van der Waals surface area (Å²) in [5.74, 6) is 0. The molecular weight excluding hydrogens is 398 g/mol. The molecule has 27 heavy (non-hydrogen) atoms. The minimum atomic E-state index is 1.07. The van der Waals surface area contributed by atoms with Crippen molar-refractivity contribution in [1.29, 1.82) is 0 Å². The van der Waals surface area contributed by atoms with Crippen molar-refractivity contribution in [2.24, 2.45) is 0 Å². The molecule has 2 heterocycles. The van der Waals surface area contributed by atoms with Gasteiger partial charge in [0, 0.05) is 26.3 Å². The third kappa shape index (κ3) is 2.00. The Morgan fingerprint density at radius 3 is 2.00 bits per heavy atom. The van der Waals surface area contributed by atoms with E-state index in [4.69, 9.17) is 4.42 Å². The molecule has 2 nitrogen and oxygen atoms in total. The number of fused-ring (bicyclic) bond motifs is 8. The number of hydrogen-bond donors (Lipinski definition) is 0. The van der Waals surface area contributed by atoms with E-state index in [1.54, 1.807) is 0 Å². The second-order valence-corrected chi connectivity index (χ2v) is 7.71. The molecule has 0 saturated carbocycles. The fourth-order valence-corrected chi connectivity index (χ4v) is 4.52. The number of halogens is 1. The van der Waals surface area contributed by atoms with Gasteiger partial charge in [0.05, 0.1) is 11.0 Å². The van der Waals surface area contributed by atoms with Crippen LogP contribution in [0.3, 0.4) is 0 Å². The van der Waals surface area contributed by atoms with Crippen LogP contribution in [-0.4, -0.2) is 4.57 Å². The van der Waals surface area contributed by atoms with Gasteiger partial charge in [-0.25, -0.2) is 0 Å². The van der Waals surface area contributed by atoms with Gasteiger partial charge < -0.3 is 8.98 Å². The maximum Gasteiger partial charge on any atom is 0.115 e. The number of furan rings is 1. The lowest BCUT2D eigenvalue weighted by molar-refractivity contribution is 0.571. The van der Waals surface area contributed by atoms with Crippen LogP contribution in [0.2, 0.25) is 0 Å². The Kier molecular flexibility index (Phi) is 3.06. The van der Waals surface area contributed by atoms with Gasteiger partial charge in [0.1, 0.15) is 12.5 Å². The smallest absolute Gasteiger partial charge is 0.115 e. The molecular formula is C24H14BrNO. The Labute approximate surface area is 163 Å². The number of hydrogen-bond acceptors (Lipinski definition) is 1. The molecule has 0 aliphatic rings. The molecule has 0 fully saturated rings. The Bertz CT molecular complexity index is 1470. The zero-order valence-corrected chi connectivity index (χ0v) is 15.9. The maximum absolute atomic E-state index is 5.63. The number of aromatic nitrogens is 1. The van der Waals surface area contributed by atoms with Gasteiger partial charge in [-0.3, -0.25) is 0 Å². The molecule has 0 N–H and O–H groups in total. The van der Waals surface area contributed by atoms with Gasteiger partial charge in [-0.15, -0.1) is 0 Å². The Morgan fingerprint density at radius 2 is 1.26 bits per heavy atom. The minimum absolute atomic E-state index is 1.07. The van der Waals surface area contributed by atoms with E-state index < -0.39 is 0 Å². The molecule has 0 atom stereocenters. The summed E-state index contributed by atoms with van der Waals surface area (Å²) in [6.07, 6.45) is 3.72. The normalized spacial score (nSPS) is 11.9. The molecule has 6 aromatic rings. The Morgan fingerprint density at radius 1 is 0.630 bits per heavy atom. The van der Waals surface area contributed by atoms with Crippen molar-refractivity contribution in [1.82, 2.24) is 4.57 Å². The van der Waals surface area contributed by atoms with E-state index in [1.807, 2.05) is 12.5 Å². The van der Waals surface area contributed by atoms with E-state index in [9.17, 15) is 0 Å². The van der Waals surface area contributed by atoms with Crippen molar-refractivity contribution in [3.05, 3.63) is 89.8 Å². The van der Waals surface area contributed by atoms with E-state index >= 15 is 0 Å². The zero-order valence-electron chi connectivity index (χ0n) is 14.3. The summed E-state index contributed by atoms with van der Waals surface area (Å²) < 4.78 is 9.02. The largest absolute Gasteiger partial charge is 0.470 e. The summed E-state index contributed by atoms with van der Waals surface area (Å²) in [6, 6.07) is 25.7. The average molecular weight is 412 g/mol. The van der Waals surface area contributed by atoms with Crippen molar-refractivity contribution >= 4 is 59.3 Å². The SMILES string of the molecule is Brc1ccc(-n2c3cocc3c3c4ccccc4c4ccccc4c32)cc1. The van der Waals surface area contributed by atoms with Crippen LogP contribution in [0.15, 0.2) is 94.2 Å². The molecule has 0 aliphatic carbocycles. The summed E-state index contributed by atoms with van der Waals surface area (Å²) in [4.78, 5) is 0. The monoisotopic (exact) mass is 411 g/mol. The summed E-state index contributed by atoms with van der Waals surface area (Å²) >= 11 is 3.55. The van der Waals surface area contributed by atoms with Gasteiger partial charge in [-0.1, -0.05) is 64.5 Å². The predicted molar refractivity (Wildman–Crippen MR) is 116 cm³/mol. The first kappa shape index (κ1) is 15.1. The third-order valence-corrected chi connectivity index (χ3v) is 5.89. The highest BCUT2D eigenvalue weighted by Crippen LogP contribution is 2.42. The van der Waals surface area contributed by atoms with Gasteiger partial charge in [0.15, 0.2) is 0 Å². The second kappa shape index (κ2) is 5.48. The van der Waals surface area contributed by atoms with Crippen molar-refractivity contribution in [2.45, 2.75) is 0 Å². The fraction of sp³-hybridized carbons (Fsp3) is 0. The summed E-state index contributed by atoms with van der Waals surface area (Å²) in [7, 11) is 0. The molecule has 0 spiro atoms. The van der Waals surface area contributed by atoms with Gasteiger partial charge >= 0.3 is 0 Å². The molecule has 4 aromatic carbocycles. The van der Waals surface area contributed by atoms with Crippen LogP contribution < -0.4 is 0 Å². The lowest BCUT2D eigenvalue weighted by Gasteiger charge is -2.12. The molecule has 0 radical (unpaired) electrons. The summed E-state index contributed by atoms with van der Waals surface area (Å²) in [6.45, 7) is 0. The second-order valence-electron chi connectivity index (χ2n) is 6.80. The standard InChI is InChI=1S/C24H14BrNO/c25-15-9-11-16(12-10-15)26-22-14-27-13-21(22)23-19-7-3-1-5-17(19)18-6-2-4-8-20(18)24(23)26/h1-14H. The van der Waals surface area contributed by atoms with Crippen LogP contribution in [-0.2, 0) is 0 Å². The average Bonchev–Trinajstić information content (AvgIpc) is 3.30. The van der Waals surface area contributed by atoms with Gasteiger partial charge in [0.2, 0.25) is 0 Å². The van der Waals surface area contributed by atoms with Crippen LogP contribution in [0.5, 0.6) is 0 Å². The molecule has 0 unspecified atom stereocenters. The highest BCUT2D eigenvalue weighted by Gasteiger charge is 2.19. The Hall–Kier alpha value is -3.04. The minimum Gasteiger partial charge on any atom is -0.470 e. The first-order chi connectivity index (χ1) is 13.3. The highest BCUT2D eigenvalue weighted by molar-refractivity contribution is 9.10. The van der Waals surface area contributed by atoms with E-state index in [2.05, 4.69) is 93.3 Å². The van der Waals surface area contributed by atoms with E-state index in [0.717, 1.165) is 21.1 Å². The van der Waals surface area contributed by atoms with E-state index in [1.165, 1.54) is 32.4 Å². The lowest BCUT2D eigenvalue weighted by atomic mass is 9.97. The fourth-order valence-electron chi connectivity index (χ4n) is 4.26. The predicted octanol–water partition coefficient (Wildman–Crippen LogP) is 7.45. The lowest BCUT2D eigenvalue weighted by Crippen LogP contribution is -1.94. The molecule has 0 saturated heterocycles. The number of rotatable bonds is 1. The van der Waals surface area contributed by atoms with Crippen LogP contribution in [0.4, 0.5) is 0 Å². The molecule has 128 valence electrons.